The van der Waals surface area contributed by atoms with E-state index in [4.69, 9.17) is 16.1 Å². The number of nitriles is 1. The molecular weight excluding hydrogens is 1590 g/mol. The van der Waals surface area contributed by atoms with Crippen LogP contribution in [0.2, 0.25) is 0 Å². The maximum atomic E-state index is 13.4. The number of rotatable bonds is 21. The number of nitro benzene ring substituents is 2. The second kappa shape index (κ2) is 43.2. The zero-order chi connectivity index (χ0) is 84.1. The van der Waals surface area contributed by atoms with E-state index in [9.17, 15) is 38.2 Å². The third-order valence-corrected chi connectivity index (χ3v) is 24.6. The molecule has 1 aromatic heterocycles. The third kappa shape index (κ3) is 23.0. The molecule has 0 aliphatic heterocycles. The van der Waals surface area contributed by atoms with E-state index in [1.807, 2.05) is 96.8 Å². The Balaban J connectivity index is 0.000000163. The molecule has 0 atom stereocenters. The molecule has 0 saturated carbocycles. The summed E-state index contributed by atoms with van der Waals surface area (Å²) < 4.78 is 41.0. The number of carboxylic acids is 1. The summed E-state index contributed by atoms with van der Waals surface area (Å²) in [6.07, 6.45) is 4.01. The molecule has 21 heteroatoms. The molecule has 0 saturated heterocycles. The van der Waals surface area contributed by atoms with Crippen LogP contribution >= 0.6 is 31.8 Å². The molecule has 15 rings (SSSR count). The molecule has 0 spiro atoms. The first-order valence-corrected chi connectivity index (χ1v) is 42.0. The van der Waals surface area contributed by atoms with Crippen molar-refractivity contribution in [3.63, 3.8) is 0 Å². The highest BCUT2D eigenvalue weighted by atomic mass is 79.9. The molecule has 0 unspecified atom stereocenters. The molecule has 118 heavy (non-hydrogen) atoms. The van der Waals surface area contributed by atoms with Crippen molar-refractivity contribution in [2.45, 2.75) is 72.6 Å². The predicted octanol–water partition coefficient (Wildman–Crippen LogP) is 22.4. The van der Waals surface area contributed by atoms with Crippen molar-refractivity contribution in [1.29, 1.82) is 5.26 Å². The number of aryl methyl sites for hydroxylation is 1. The number of hydrogen-bond donors (Lipinski definition) is 3. The van der Waals surface area contributed by atoms with Crippen molar-refractivity contribution in [1.82, 2.24) is 9.78 Å². The number of nitrogen functional groups attached to an aromatic ring is 1. The Labute approximate surface area is 698 Å². The number of halogens is 4. The van der Waals surface area contributed by atoms with Crippen molar-refractivity contribution in [3.8, 4) is 11.8 Å². The third-order valence-electron chi connectivity index (χ3n) is 19.0. The van der Waals surface area contributed by atoms with Crippen LogP contribution in [0.15, 0.2) is 338 Å². The fourth-order valence-electron chi connectivity index (χ4n) is 13.6. The minimum Gasteiger partial charge on any atom is -0.477 e. The first-order valence-electron chi connectivity index (χ1n) is 38.5. The monoisotopic (exact) mass is 1680 g/mol. The molecule has 4 N–H and O–H groups in total. The van der Waals surface area contributed by atoms with E-state index in [1.165, 1.54) is 95.1 Å². The van der Waals surface area contributed by atoms with Crippen LogP contribution in [-0.2, 0) is 11.8 Å². The Hall–Kier alpha value is -12.8. The Morgan fingerprint density at radius 1 is 0.525 bits per heavy atom. The van der Waals surface area contributed by atoms with Gasteiger partial charge in [-0.2, -0.15) is 19.1 Å². The molecule has 1 heterocycles. The van der Waals surface area contributed by atoms with E-state index in [2.05, 4.69) is 229 Å². The average molecular weight is 1680 g/mol. The van der Waals surface area contributed by atoms with Crippen LogP contribution in [0.3, 0.4) is 0 Å². The van der Waals surface area contributed by atoms with Gasteiger partial charge in [-0.3, -0.25) is 20.2 Å². The summed E-state index contributed by atoms with van der Waals surface area (Å²) >= 11 is 2.99. The number of hydrogen-bond acceptors (Lipinski definition) is 11. The molecule has 0 fully saturated rings. The molecule has 0 bridgehead atoms. The van der Waals surface area contributed by atoms with Crippen LogP contribution in [-0.4, -0.2) is 50.3 Å². The standard InChI is InChI=1S/C40H34P2.C15H15FN2O2.C15H17FN2.C12H9N3O2.C9H13N.C6H3BrFNO2/c1-40(2)36-25-15-27-38(41(30-17-7-3-8-18-30)31-19-9-4-10-20-31)34(36)29-35-37(40)26-16-28-39(35)42(32-21-11-5-12-22-32)33-23-13-6-14-24-33;1-2-10-17(12-6-4-3-5-7-12)13-8-9-14(16)15(11-13)18(19)20;1-2-10-18(12-6-4-3-5-7-12)13-8-9-14(16)15(17)11-13;1-8-5-11(12(16)17)15(14-8)10-4-2-3-9(6-10)7-13;1-2-8-10-9-6-4-3-5-7-9;7-4-1-2-5(8)6(3-4)9(10)11/h3-28H,29H2,1-2H3;3-9,11H,2,10H2,1H3;3-9,11H,2,10,17H2,1H3;2-6H,1H3,(H,16,17);3-7,10H,2,8H2,1H3;1-3H. The van der Waals surface area contributed by atoms with Crippen LogP contribution in [0.5, 0.6) is 0 Å². The van der Waals surface area contributed by atoms with Crippen molar-refractivity contribution < 1.29 is 32.9 Å². The van der Waals surface area contributed by atoms with Gasteiger partial charge >= 0.3 is 17.3 Å². The van der Waals surface area contributed by atoms with Crippen molar-refractivity contribution >= 4 is 115 Å². The van der Waals surface area contributed by atoms with Crippen LogP contribution in [0.1, 0.15) is 97.9 Å². The molecule has 0 amide bonds. The minimum absolute atomic E-state index is 0.0811. The maximum Gasteiger partial charge on any atom is 0.354 e. The van der Waals surface area contributed by atoms with Crippen molar-refractivity contribution in [3.05, 3.63) is 415 Å². The molecule has 598 valence electrons. The summed E-state index contributed by atoms with van der Waals surface area (Å²) in [6.45, 7) is 15.5. The van der Waals surface area contributed by atoms with Gasteiger partial charge < -0.3 is 26.0 Å². The second-order valence-electron chi connectivity index (χ2n) is 27.7. The lowest BCUT2D eigenvalue weighted by Gasteiger charge is -2.39. The highest BCUT2D eigenvalue weighted by Gasteiger charge is 2.38. The van der Waals surface area contributed by atoms with Crippen LogP contribution in [0.4, 0.5) is 58.7 Å². The lowest BCUT2D eigenvalue weighted by atomic mass is 9.69. The minimum atomic E-state index is -1.05. The number of aromatic nitrogens is 2. The summed E-state index contributed by atoms with van der Waals surface area (Å²) in [6, 6.07) is 111. The lowest BCUT2D eigenvalue weighted by Crippen LogP contribution is -2.36. The van der Waals surface area contributed by atoms with E-state index in [1.54, 1.807) is 49.4 Å². The lowest BCUT2D eigenvalue weighted by molar-refractivity contribution is -0.387. The summed E-state index contributed by atoms with van der Waals surface area (Å²) in [5, 5.41) is 54.8. The molecule has 13 aromatic carbocycles. The Morgan fingerprint density at radius 2 is 0.932 bits per heavy atom. The number of carbonyl (C=O) groups is 1. The Bertz CT molecular complexity index is 5450. The first kappa shape index (κ1) is 87.5. The van der Waals surface area contributed by atoms with E-state index in [0.717, 1.165) is 67.6 Å². The number of benzene rings is 13. The summed E-state index contributed by atoms with van der Waals surface area (Å²) in [5.41, 5.74) is 17.1. The topological polar surface area (TPSA) is 210 Å². The smallest absolute Gasteiger partial charge is 0.354 e. The first-order chi connectivity index (χ1) is 57.1. The molecule has 14 aromatic rings. The zero-order valence-corrected chi connectivity index (χ0v) is 69.7. The van der Waals surface area contributed by atoms with Gasteiger partial charge in [0.15, 0.2) is 5.69 Å². The highest BCUT2D eigenvalue weighted by molar-refractivity contribution is 9.10. The van der Waals surface area contributed by atoms with Gasteiger partial charge in [0, 0.05) is 70.1 Å². The van der Waals surface area contributed by atoms with Gasteiger partial charge in [-0.25, -0.2) is 13.9 Å². The normalized spacial score (nSPS) is 11.2. The Kier molecular flexibility index (Phi) is 32.1. The van der Waals surface area contributed by atoms with Crippen LogP contribution in [0, 0.1) is 55.9 Å². The number of anilines is 6. The molecular formula is C97H91BrF3N9O6P2. The van der Waals surface area contributed by atoms with Gasteiger partial charge in [-0.15, -0.1) is 0 Å². The number of aromatic carboxylic acids is 1. The van der Waals surface area contributed by atoms with Crippen molar-refractivity contribution in [2.24, 2.45) is 0 Å². The highest BCUT2D eigenvalue weighted by Crippen LogP contribution is 2.47. The molecule has 1 aliphatic rings. The van der Waals surface area contributed by atoms with Gasteiger partial charge in [-0.1, -0.05) is 269 Å². The number of nitrogens with two attached hydrogens (primary N) is 1. The number of fused-ring (bicyclic) bond motifs is 2. The molecule has 1 aliphatic carbocycles. The number of nitrogens with one attached hydrogen (secondary N) is 1. The fourth-order valence-corrected chi connectivity index (χ4v) is 18.9. The summed E-state index contributed by atoms with van der Waals surface area (Å²) in [4.78, 5) is 34.6. The number of nitro groups is 2. The van der Waals surface area contributed by atoms with E-state index in [-0.39, 0.29) is 22.6 Å². The molecule has 0 radical (unpaired) electrons. The average Bonchev–Trinajstić information content (AvgIpc) is 0.734. The van der Waals surface area contributed by atoms with Gasteiger partial charge in [0.25, 0.3) is 0 Å². The predicted molar refractivity (Wildman–Crippen MR) is 483 cm³/mol. The second-order valence-corrected chi connectivity index (χ2v) is 33.0. The SMILES string of the molecule is CC1(C)c2cccc(P(c3ccccc3)c3ccccc3)c2Cc2c(P(c3ccccc3)c3ccccc3)cccc21.CCCN(c1ccccc1)c1ccc(F)c(N)c1.CCCN(c1ccccc1)c1ccc(F)c([N+](=O)[O-])c1.CCCNc1ccccc1.Cc1cc(C(=O)O)n(-c2cccc(C#N)c2)n1.O=[N+]([O-])c1cc(Br)ccc1F. The zero-order valence-electron chi connectivity index (χ0n) is 66.3. The maximum absolute atomic E-state index is 13.4. The van der Waals surface area contributed by atoms with E-state index >= 15 is 0 Å². The van der Waals surface area contributed by atoms with Gasteiger partial charge in [0.05, 0.1) is 38.5 Å². The number of para-hydroxylation sites is 3. The quantitative estimate of drug-likeness (QED) is 0.0266. The van der Waals surface area contributed by atoms with E-state index in [0.29, 0.717) is 33.6 Å². The Morgan fingerprint density at radius 3 is 1.34 bits per heavy atom. The van der Waals surface area contributed by atoms with Crippen LogP contribution in [0.25, 0.3) is 5.69 Å². The van der Waals surface area contributed by atoms with Crippen LogP contribution < -0.4 is 52.7 Å². The molecule has 15 nitrogen and oxygen atoms in total. The van der Waals surface area contributed by atoms with Crippen molar-refractivity contribution in [2.75, 3.05) is 40.5 Å². The number of nitrogens with zero attached hydrogens (tertiary/aromatic N) is 7. The van der Waals surface area contributed by atoms with Gasteiger partial charge in [0.1, 0.15) is 5.82 Å². The van der Waals surface area contributed by atoms with Gasteiger partial charge in [-0.05, 0) is 206 Å². The summed E-state index contributed by atoms with van der Waals surface area (Å²) in [7, 11) is -1.40. The fraction of sp³-hybridized carbons (Fsp3) is 0.144. The van der Waals surface area contributed by atoms with Gasteiger partial charge in [0.2, 0.25) is 11.6 Å². The summed E-state index contributed by atoms with van der Waals surface area (Å²) in [5.74, 6) is -3.06. The van der Waals surface area contributed by atoms with E-state index < -0.39 is 54.7 Å². The number of carboxylic acid groups (broad SMARTS) is 1. The largest absolute Gasteiger partial charge is 0.477 e.